The molecule has 0 amide bonds. The van der Waals surface area contributed by atoms with E-state index >= 15 is 0 Å². The number of carbonyl (C=O) groups excluding carboxylic acids is 2. The van der Waals surface area contributed by atoms with Gasteiger partial charge in [-0.25, -0.2) is 0 Å². The second-order valence-electron chi connectivity index (χ2n) is 8.42. The molecule has 14 heteroatoms. The van der Waals surface area contributed by atoms with Gasteiger partial charge in [-0.3, -0.25) is 9.11 Å². The van der Waals surface area contributed by atoms with E-state index in [0.717, 1.165) is 0 Å². The molecule has 0 aliphatic rings. The summed E-state index contributed by atoms with van der Waals surface area (Å²) >= 11 is 0. The monoisotopic (exact) mass is 546 g/mol. The molecule has 0 saturated heterocycles. The summed E-state index contributed by atoms with van der Waals surface area (Å²) in [6.07, 6.45) is 1.05. The molecule has 0 aliphatic carbocycles. The van der Waals surface area contributed by atoms with Crippen molar-refractivity contribution in [3.8, 4) is 0 Å². The van der Waals surface area contributed by atoms with Gasteiger partial charge in [0, 0.05) is 0 Å². The predicted octanol–water partition coefficient (Wildman–Crippen LogP) is -5.04. The molecule has 0 aromatic carbocycles. The van der Waals surface area contributed by atoms with Crippen LogP contribution in [0, 0.1) is 11.8 Å². The molecule has 4 unspecified atom stereocenters. The molecule has 2 N–H and O–H groups in total. The van der Waals surface area contributed by atoms with E-state index in [9.17, 15) is 45.7 Å². The third-order valence-corrected chi connectivity index (χ3v) is 9.69. The zero-order valence-corrected chi connectivity index (χ0v) is 26.8. The molecule has 0 bridgehead atoms. The Kier molecular flexibility index (Phi) is 19.1. The molecule has 0 rings (SSSR count). The fraction of sp³-hybridized carbons (Fsp3) is 0.900. The maximum absolute atomic E-state index is 12.6. The summed E-state index contributed by atoms with van der Waals surface area (Å²) in [5.74, 6) is -6.79. The molecule has 0 heterocycles. The van der Waals surface area contributed by atoms with E-state index in [-0.39, 0.29) is 84.8 Å². The molecule has 4 atom stereocenters. The van der Waals surface area contributed by atoms with E-state index in [1.54, 1.807) is 13.8 Å². The summed E-state index contributed by atoms with van der Waals surface area (Å²) in [4.78, 5) is 24.7. The molecule has 0 aromatic heterocycles. The molecule has 0 aromatic rings. The van der Waals surface area contributed by atoms with Crippen molar-refractivity contribution in [2.24, 2.45) is 11.8 Å². The number of aliphatic carboxylic acids is 2. The largest absolute Gasteiger partial charge is 1.00 e. The van der Waals surface area contributed by atoms with Gasteiger partial charge in [0.1, 0.15) is 0 Å². The van der Waals surface area contributed by atoms with Crippen LogP contribution in [0.4, 0.5) is 0 Å². The normalized spacial score (nSPS) is 17.2. The standard InChI is InChI=1S/C20H38O10S2.2Na/c1-5-9-11-15(7-3)13-19(17(21)22,31(25,26)27)20(18(23)24,32(28,29)30)14-16(8-4)12-10-6-2;;/h15-16H,5-14H2,1-4H3,(H,21,22)(H,23,24)(H,25,26,27)(H,28,29,30);;/q;2*+1/p-2. The van der Waals surface area contributed by atoms with Crippen molar-refractivity contribution in [2.75, 3.05) is 0 Å². The van der Waals surface area contributed by atoms with E-state index in [4.69, 9.17) is 0 Å². The number of hydrogen-bond donors (Lipinski definition) is 2. The van der Waals surface area contributed by atoms with Crippen molar-refractivity contribution in [3.05, 3.63) is 0 Å². The second kappa shape index (κ2) is 16.6. The van der Waals surface area contributed by atoms with Crippen molar-refractivity contribution >= 4 is 32.2 Å². The average molecular weight is 547 g/mol. The fourth-order valence-corrected chi connectivity index (χ4v) is 7.48. The van der Waals surface area contributed by atoms with Crippen LogP contribution in [-0.4, -0.2) is 47.4 Å². The van der Waals surface area contributed by atoms with Crippen LogP contribution in [0.25, 0.3) is 0 Å². The molecule has 34 heavy (non-hydrogen) atoms. The van der Waals surface area contributed by atoms with Gasteiger partial charge in [-0.2, -0.15) is 16.8 Å². The van der Waals surface area contributed by atoms with Gasteiger partial charge < -0.3 is 19.8 Å². The number of unbranched alkanes of at least 4 members (excludes halogenated alkanes) is 2. The summed E-state index contributed by atoms with van der Waals surface area (Å²) in [6.45, 7) is 6.83. The predicted molar refractivity (Wildman–Crippen MR) is 114 cm³/mol. The molecular formula is C20H36Na2O10S2. The maximum atomic E-state index is 12.6. The second-order valence-corrected chi connectivity index (χ2v) is 11.7. The number of carboxylic acid groups (broad SMARTS) is 2. The Morgan fingerprint density at radius 3 is 1.12 bits per heavy atom. The first kappa shape index (κ1) is 39.3. The molecule has 0 aliphatic heterocycles. The molecule has 10 nitrogen and oxygen atoms in total. The van der Waals surface area contributed by atoms with E-state index in [1.807, 2.05) is 13.8 Å². The van der Waals surface area contributed by atoms with E-state index < -0.39 is 66.3 Å². The van der Waals surface area contributed by atoms with Crippen molar-refractivity contribution < 1.29 is 105 Å². The summed E-state index contributed by atoms with van der Waals surface area (Å²) in [5, 5.41) is 24.7. The van der Waals surface area contributed by atoms with Gasteiger partial charge >= 0.3 is 59.1 Å². The minimum atomic E-state index is -5.94. The van der Waals surface area contributed by atoms with Gasteiger partial charge in [0.15, 0.2) is 9.49 Å². The zero-order chi connectivity index (χ0) is 25.4. The van der Waals surface area contributed by atoms with E-state index in [2.05, 4.69) is 0 Å². The summed E-state index contributed by atoms with van der Waals surface area (Å²) < 4.78 is 62.7. The average Bonchev–Trinajstić information content (AvgIpc) is 2.66. The Morgan fingerprint density at radius 1 is 0.706 bits per heavy atom. The van der Waals surface area contributed by atoms with Crippen molar-refractivity contribution in [2.45, 2.75) is 101 Å². The van der Waals surface area contributed by atoms with Crippen LogP contribution in [0.15, 0.2) is 0 Å². The Bertz CT molecular complexity index is 777. The Balaban J connectivity index is -0.00000480. The summed E-state index contributed by atoms with van der Waals surface area (Å²) in [6, 6.07) is 0. The first-order valence-corrected chi connectivity index (χ1v) is 13.9. The van der Waals surface area contributed by atoms with Crippen LogP contribution >= 0.6 is 0 Å². The molecule has 0 spiro atoms. The minimum absolute atomic E-state index is 0. The first-order chi connectivity index (χ1) is 14.6. The molecule has 0 fully saturated rings. The van der Waals surface area contributed by atoms with Crippen LogP contribution < -0.4 is 69.3 Å². The fourth-order valence-electron chi connectivity index (χ4n) is 4.36. The van der Waals surface area contributed by atoms with Gasteiger partial charge in [-0.15, -0.1) is 0 Å². The molecule has 190 valence electrons. The Labute approximate surface area is 248 Å². The van der Waals surface area contributed by atoms with Gasteiger partial charge in [-0.1, -0.05) is 79.1 Å². The number of hydrogen-bond acceptors (Lipinski definition) is 8. The van der Waals surface area contributed by atoms with Gasteiger partial charge in [0.25, 0.3) is 20.2 Å². The van der Waals surface area contributed by atoms with Gasteiger partial charge in [0.05, 0.1) is 11.9 Å². The quantitative estimate of drug-likeness (QED) is 0.132. The van der Waals surface area contributed by atoms with Crippen LogP contribution in [-0.2, 0) is 29.8 Å². The maximum Gasteiger partial charge on any atom is 1.00 e. The van der Waals surface area contributed by atoms with Crippen molar-refractivity contribution in [3.63, 3.8) is 0 Å². The Hall–Kier alpha value is 0.760. The molecule has 0 saturated carbocycles. The third kappa shape index (κ3) is 8.66. The SMILES string of the molecule is CCCCC(CC)CC(C(=O)[O-])(C(CC(CC)CCCC)(C(=O)[O-])S(=O)(=O)O)S(=O)(=O)O.[Na+].[Na+]. The molecule has 0 radical (unpaired) electrons. The summed E-state index contributed by atoms with van der Waals surface area (Å²) in [5.41, 5.74) is 0. The van der Waals surface area contributed by atoms with Gasteiger partial charge in [-0.05, 0) is 24.7 Å². The first-order valence-electron chi connectivity index (χ1n) is 11.0. The summed E-state index contributed by atoms with van der Waals surface area (Å²) in [7, 11) is -11.9. The van der Waals surface area contributed by atoms with Crippen molar-refractivity contribution in [1.29, 1.82) is 0 Å². The smallest absolute Gasteiger partial charge is 0.548 e. The van der Waals surface area contributed by atoms with Crippen LogP contribution in [0.1, 0.15) is 91.9 Å². The number of rotatable bonds is 17. The van der Waals surface area contributed by atoms with Gasteiger partial charge in [0.2, 0.25) is 0 Å². The molecular weight excluding hydrogens is 510 g/mol. The number of carbonyl (C=O) groups is 2. The minimum Gasteiger partial charge on any atom is -0.548 e. The Morgan fingerprint density at radius 2 is 0.971 bits per heavy atom. The van der Waals surface area contributed by atoms with Crippen LogP contribution in [0.2, 0.25) is 0 Å². The van der Waals surface area contributed by atoms with E-state index in [1.165, 1.54) is 0 Å². The number of carboxylic acids is 2. The van der Waals surface area contributed by atoms with Crippen molar-refractivity contribution in [1.82, 2.24) is 0 Å². The topological polar surface area (TPSA) is 189 Å². The zero-order valence-electron chi connectivity index (χ0n) is 21.2. The van der Waals surface area contributed by atoms with Crippen LogP contribution in [0.3, 0.4) is 0 Å². The third-order valence-electron chi connectivity index (χ3n) is 6.43. The van der Waals surface area contributed by atoms with Crippen LogP contribution in [0.5, 0.6) is 0 Å². The van der Waals surface area contributed by atoms with E-state index in [0.29, 0.717) is 25.7 Å².